The number of hydrogen-bond acceptors (Lipinski definition) is 8. The predicted molar refractivity (Wildman–Crippen MR) is 146 cm³/mol. The quantitative estimate of drug-likeness (QED) is 0.341. The van der Waals surface area contributed by atoms with E-state index in [1.165, 1.54) is 30.3 Å². The van der Waals surface area contributed by atoms with Crippen LogP contribution in [-0.4, -0.2) is 86.0 Å². The topological polar surface area (TPSA) is 174 Å². The molecule has 1 fully saturated rings. The molecule has 4 amide bonds. The van der Waals surface area contributed by atoms with E-state index in [2.05, 4.69) is 25.9 Å². The third-order valence-electron chi connectivity index (χ3n) is 7.07. The highest BCUT2D eigenvalue weighted by Gasteiger charge is 2.40. The number of aromatic hydroxyl groups is 1. The first-order valence-electron chi connectivity index (χ1n) is 13.3. The lowest BCUT2D eigenvalue weighted by atomic mass is 9.90. The van der Waals surface area contributed by atoms with Gasteiger partial charge in [-0.3, -0.25) is 24.2 Å². The van der Waals surface area contributed by atoms with Crippen molar-refractivity contribution in [2.45, 2.75) is 70.8 Å². The second-order valence-corrected chi connectivity index (χ2v) is 10.7. The minimum atomic E-state index is -1.33. The van der Waals surface area contributed by atoms with E-state index < -0.39 is 59.8 Å². The maximum atomic E-state index is 13.7. The van der Waals surface area contributed by atoms with Crippen LogP contribution in [0.1, 0.15) is 50.2 Å². The maximum absolute atomic E-state index is 13.7. The zero-order valence-corrected chi connectivity index (χ0v) is 23.4. The van der Waals surface area contributed by atoms with E-state index in [9.17, 15) is 29.4 Å². The Labute approximate surface area is 233 Å². The summed E-state index contributed by atoms with van der Waals surface area (Å²) in [6.45, 7) is 6.94. The van der Waals surface area contributed by atoms with E-state index in [0.717, 1.165) is 0 Å². The van der Waals surface area contributed by atoms with Crippen molar-refractivity contribution in [2.75, 3.05) is 7.05 Å². The molecule has 12 nitrogen and oxygen atoms in total. The molecule has 0 bridgehead atoms. The largest absolute Gasteiger partial charge is 0.505 e. The van der Waals surface area contributed by atoms with Gasteiger partial charge in [-0.25, -0.2) is 4.98 Å². The highest BCUT2D eigenvalue weighted by atomic mass is 16.3. The standard InChI is InChI=1S/C28H38N6O6/c1-15(2)12-20-25(37)31-17(4)22(33-27(39)23-21(35)9-7-11-30-23)26(38)32-19(13-18-8-6-10-29-14-18)24(36)16(3)28(40)34(20)5/h6-11,14-17,19-20,22,24,35-36H,12-13H2,1-5H3,(H,31,37)(H,32,38)(H,33,39)/t16-,17-,19+,20?,22+,24+/m1/s1. The normalized spacial score (nSPS) is 26.4. The van der Waals surface area contributed by atoms with Crippen LogP contribution in [-0.2, 0) is 20.8 Å². The summed E-state index contributed by atoms with van der Waals surface area (Å²) >= 11 is 0. The number of amides is 4. The number of nitrogens with one attached hydrogen (secondary N) is 3. The van der Waals surface area contributed by atoms with Crippen LogP contribution in [0.3, 0.4) is 0 Å². The van der Waals surface area contributed by atoms with Crippen LogP contribution in [0.5, 0.6) is 5.75 Å². The lowest BCUT2D eigenvalue weighted by Crippen LogP contribution is -2.64. The van der Waals surface area contributed by atoms with Gasteiger partial charge in [-0.2, -0.15) is 0 Å². The van der Waals surface area contributed by atoms with Gasteiger partial charge in [-0.05, 0) is 49.4 Å². The molecule has 0 aliphatic carbocycles. The number of aromatic nitrogens is 2. The molecule has 1 saturated heterocycles. The van der Waals surface area contributed by atoms with Crippen molar-refractivity contribution in [2.24, 2.45) is 11.8 Å². The smallest absolute Gasteiger partial charge is 0.274 e. The summed E-state index contributed by atoms with van der Waals surface area (Å²) in [4.78, 5) is 62.9. The Morgan fingerprint density at radius 1 is 1.10 bits per heavy atom. The van der Waals surface area contributed by atoms with Gasteiger partial charge in [-0.15, -0.1) is 0 Å². The Morgan fingerprint density at radius 3 is 2.42 bits per heavy atom. The van der Waals surface area contributed by atoms with Gasteiger partial charge in [0, 0.05) is 25.6 Å². The molecule has 1 aliphatic heterocycles. The molecule has 0 aromatic carbocycles. The fourth-order valence-corrected chi connectivity index (χ4v) is 4.76. The third kappa shape index (κ3) is 7.32. The van der Waals surface area contributed by atoms with Gasteiger partial charge in [0.25, 0.3) is 5.91 Å². The summed E-state index contributed by atoms with van der Waals surface area (Å²) in [5.74, 6) is -3.75. The van der Waals surface area contributed by atoms with Gasteiger partial charge >= 0.3 is 0 Å². The molecular weight excluding hydrogens is 516 g/mol. The highest BCUT2D eigenvalue weighted by molar-refractivity contribution is 5.98. The van der Waals surface area contributed by atoms with Crippen molar-refractivity contribution >= 4 is 23.6 Å². The molecule has 12 heteroatoms. The molecule has 1 aliphatic rings. The highest BCUT2D eigenvalue weighted by Crippen LogP contribution is 2.20. The number of likely N-dealkylation sites (N-methyl/N-ethyl adjacent to an activating group) is 1. The van der Waals surface area contributed by atoms with Crippen LogP contribution in [0, 0.1) is 11.8 Å². The predicted octanol–water partition coefficient (Wildman–Crippen LogP) is 0.397. The number of hydrogen-bond donors (Lipinski definition) is 5. The number of aliphatic hydroxyl groups is 1. The zero-order valence-electron chi connectivity index (χ0n) is 23.4. The molecule has 0 saturated carbocycles. The summed E-state index contributed by atoms with van der Waals surface area (Å²) in [5.41, 5.74) is 0.425. The first-order valence-corrected chi connectivity index (χ1v) is 13.3. The van der Waals surface area contributed by atoms with Crippen LogP contribution >= 0.6 is 0 Å². The molecular formula is C28H38N6O6. The molecule has 5 N–H and O–H groups in total. The molecule has 0 spiro atoms. The minimum absolute atomic E-state index is 0.0544. The molecule has 3 rings (SSSR count). The van der Waals surface area contributed by atoms with Crippen molar-refractivity contribution in [3.8, 4) is 5.75 Å². The number of carbonyl (C=O) groups is 4. The minimum Gasteiger partial charge on any atom is -0.505 e. The van der Waals surface area contributed by atoms with Gasteiger partial charge in [0.05, 0.1) is 24.1 Å². The monoisotopic (exact) mass is 554 g/mol. The average Bonchev–Trinajstić information content (AvgIpc) is 2.92. The van der Waals surface area contributed by atoms with Crippen molar-refractivity contribution in [1.82, 2.24) is 30.8 Å². The molecule has 40 heavy (non-hydrogen) atoms. The molecule has 2 aromatic heterocycles. The first kappa shape index (κ1) is 30.5. The number of aliphatic hydroxyl groups excluding tert-OH is 1. The van der Waals surface area contributed by atoms with Gasteiger partial charge in [0.1, 0.15) is 17.8 Å². The zero-order chi connectivity index (χ0) is 29.6. The van der Waals surface area contributed by atoms with E-state index in [-0.39, 0.29) is 23.8 Å². The van der Waals surface area contributed by atoms with Crippen LogP contribution in [0.15, 0.2) is 42.9 Å². The Kier molecular flexibility index (Phi) is 10.2. The second kappa shape index (κ2) is 13.3. The molecule has 216 valence electrons. The average molecular weight is 555 g/mol. The lowest BCUT2D eigenvalue weighted by Gasteiger charge is -2.37. The SMILES string of the molecule is CC(C)CC1C(=O)N[C@H](C)[C@H](NC(=O)c2ncccc2O)C(=O)N[C@@H](Cc2cccnc2)[C@@H](O)[C@@H](C)C(=O)N1C. The van der Waals surface area contributed by atoms with Crippen LogP contribution in [0.2, 0.25) is 0 Å². The Bertz CT molecular complexity index is 1210. The number of carbonyl (C=O) groups excluding carboxylic acids is 4. The number of rotatable bonds is 6. The van der Waals surface area contributed by atoms with Crippen LogP contribution in [0.4, 0.5) is 0 Å². The van der Waals surface area contributed by atoms with E-state index in [4.69, 9.17) is 0 Å². The molecule has 3 heterocycles. The lowest BCUT2D eigenvalue weighted by molar-refractivity contribution is -0.146. The first-order chi connectivity index (χ1) is 18.9. The molecule has 0 radical (unpaired) electrons. The summed E-state index contributed by atoms with van der Waals surface area (Å²) in [5, 5.41) is 29.6. The second-order valence-electron chi connectivity index (χ2n) is 10.7. The maximum Gasteiger partial charge on any atom is 0.274 e. The summed E-state index contributed by atoms with van der Waals surface area (Å²) in [6.07, 6.45) is 3.68. The van der Waals surface area contributed by atoms with Gasteiger partial charge in [0.2, 0.25) is 17.7 Å². The molecule has 6 atom stereocenters. The van der Waals surface area contributed by atoms with Gasteiger partial charge < -0.3 is 31.1 Å². The van der Waals surface area contributed by atoms with E-state index >= 15 is 0 Å². The molecule has 2 aromatic rings. The fraction of sp³-hybridized carbons (Fsp3) is 0.500. The molecule has 1 unspecified atom stereocenters. The van der Waals surface area contributed by atoms with E-state index in [0.29, 0.717) is 12.0 Å². The Balaban J connectivity index is 2.03. The van der Waals surface area contributed by atoms with E-state index in [1.807, 2.05) is 13.8 Å². The number of pyridine rings is 2. The van der Waals surface area contributed by atoms with Gasteiger partial charge in [0.15, 0.2) is 5.69 Å². The van der Waals surface area contributed by atoms with Crippen molar-refractivity contribution in [3.63, 3.8) is 0 Å². The van der Waals surface area contributed by atoms with Crippen LogP contribution < -0.4 is 16.0 Å². The van der Waals surface area contributed by atoms with Crippen LogP contribution in [0.25, 0.3) is 0 Å². The van der Waals surface area contributed by atoms with E-state index in [1.54, 1.807) is 38.4 Å². The Hall–Kier alpha value is -4.06. The van der Waals surface area contributed by atoms with Crippen molar-refractivity contribution in [3.05, 3.63) is 54.1 Å². The third-order valence-corrected chi connectivity index (χ3v) is 7.07. The number of nitrogens with zero attached hydrogens (tertiary/aromatic N) is 3. The summed E-state index contributed by atoms with van der Waals surface area (Å²) in [6, 6.07) is 2.20. The fourth-order valence-electron chi connectivity index (χ4n) is 4.76. The van der Waals surface area contributed by atoms with Crippen molar-refractivity contribution < 1.29 is 29.4 Å². The summed E-state index contributed by atoms with van der Waals surface area (Å²) in [7, 11) is 1.52. The Morgan fingerprint density at radius 2 is 1.80 bits per heavy atom. The van der Waals surface area contributed by atoms with Crippen molar-refractivity contribution in [1.29, 1.82) is 0 Å². The summed E-state index contributed by atoms with van der Waals surface area (Å²) < 4.78 is 0. The van der Waals surface area contributed by atoms with Gasteiger partial charge in [-0.1, -0.05) is 26.8 Å².